The third kappa shape index (κ3) is 4.05. The van der Waals surface area contributed by atoms with Crippen LogP contribution >= 0.6 is 0 Å². The highest BCUT2D eigenvalue weighted by Gasteiger charge is 2.34. The van der Waals surface area contributed by atoms with Gasteiger partial charge in [0.05, 0.1) is 18.9 Å². The Bertz CT molecular complexity index is 542. The molecule has 0 spiro atoms. The van der Waals surface area contributed by atoms with Gasteiger partial charge < -0.3 is 9.84 Å². The first-order valence-electron chi connectivity index (χ1n) is 6.84. The summed E-state index contributed by atoms with van der Waals surface area (Å²) in [6.45, 7) is 2.59. The summed E-state index contributed by atoms with van der Waals surface area (Å²) in [5.74, 6) is -1.07. The minimum absolute atomic E-state index is 0.203. The molecule has 0 radical (unpaired) electrons. The number of carbonyl (C=O) groups excluding carboxylic acids is 1. The van der Waals surface area contributed by atoms with E-state index < -0.39 is 11.9 Å². The number of nitrogens with zero attached hydrogens (tertiary/aromatic N) is 2. The van der Waals surface area contributed by atoms with Gasteiger partial charge in [-0.15, -0.1) is 0 Å². The first-order valence-corrected chi connectivity index (χ1v) is 6.84. The van der Waals surface area contributed by atoms with Gasteiger partial charge in [-0.25, -0.2) is 5.01 Å². The standard InChI is InChI=1S/C15H18N2O4/c1-11-13(10-14(18)19)15(20)17(16-11)8-5-9-21-12-6-3-2-4-7-12/h2-4,6-7,13H,5,8-10H2,1H3,(H,18,19). The van der Waals surface area contributed by atoms with Crippen LogP contribution in [0.15, 0.2) is 35.4 Å². The Morgan fingerprint density at radius 1 is 1.38 bits per heavy atom. The fourth-order valence-corrected chi connectivity index (χ4v) is 2.16. The molecule has 0 aromatic heterocycles. The summed E-state index contributed by atoms with van der Waals surface area (Å²) in [6.07, 6.45) is 0.433. The number of carboxylic acid groups (broad SMARTS) is 1. The molecule has 2 rings (SSSR count). The summed E-state index contributed by atoms with van der Waals surface area (Å²) in [5, 5.41) is 14.3. The molecule has 0 saturated heterocycles. The van der Waals surface area contributed by atoms with Gasteiger partial charge in [-0.2, -0.15) is 5.10 Å². The predicted molar refractivity (Wildman–Crippen MR) is 77.1 cm³/mol. The number of rotatable bonds is 7. The lowest BCUT2D eigenvalue weighted by Crippen LogP contribution is -2.30. The minimum Gasteiger partial charge on any atom is -0.494 e. The molecule has 21 heavy (non-hydrogen) atoms. The van der Waals surface area contributed by atoms with Gasteiger partial charge in [-0.1, -0.05) is 18.2 Å². The van der Waals surface area contributed by atoms with E-state index >= 15 is 0 Å². The molecule has 1 heterocycles. The Morgan fingerprint density at radius 3 is 2.76 bits per heavy atom. The predicted octanol–water partition coefficient (Wildman–Crippen LogP) is 1.76. The van der Waals surface area contributed by atoms with Crippen LogP contribution in [0.5, 0.6) is 5.75 Å². The molecule has 1 N–H and O–H groups in total. The van der Waals surface area contributed by atoms with Gasteiger partial charge in [0.2, 0.25) is 0 Å². The molecule has 1 aliphatic heterocycles. The van der Waals surface area contributed by atoms with Crippen molar-refractivity contribution in [3.63, 3.8) is 0 Å². The zero-order chi connectivity index (χ0) is 15.2. The molecule has 6 heteroatoms. The van der Waals surface area contributed by atoms with Crippen molar-refractivity contribution < 1.29 is 19.4 Å². The quantitative estimate of drug-likeness (QED) is 0.776. The Morgan fingerprint density at radius 2 is 2.10 bits per heavy atom. The molecule has 6 nitrogen and oxygen atoms in total. The number of carboxylic acids is 1. The molecule has 1 aliphatic rings. The van der Waals surface area contributed by atoms with Crippen LogP contribution in [0, 0.1) is 5.92 Å². The fourth-order valence-electron chi connectivity index (χ4n) is 2.16. The molecule has 1 aromatic carbocycles. The number of carbonyl (C=O) groups is 2. The molecule has 1 atom stereocenters. The number of aliphatic carboxylic acids is 1. The van der Waals surface area contributed by atoms with Gasteiger partial charge >= 0.3 is 5.97 Å². The van der Waals surface area contributed by atoms with E-state index in [1.165, 1.54) is 5.01 Å². The highest BCUT2D eigenvalue weighted by molar-refractivity contribution is 6.08. The van der Waals surface area contributed by atoms with E-state index in [1.807, 2.05) is 30.3 Å². The van der Waals surface area contributed by atoms with Gasteiger partial charge in [-0.05, 0) is 19.1 Å². The third-order valence-corrected chi connectivity index (χ3v) is 3.24. The first kappa shape index (κ1) is 15.0. The molecule has 1 amide bonds. The largest absolute Gasteiger partial charge is 0.494 e. The molecule has 0 aliphatic carbocycles. The SMILES string of the molecule is CC1=NN(CCCOc2ccccc2)C(=O)C1CC(=O)O. The number of hydrogen-bond donors (Lipinski definition) is 1. The van der Waals surface area contributed by atoms with Crippen molar-refractivity contribution in [1.29, 1.82) is 0 Å². The first-order chi connectivity index (χ1) is 10.1. The summed E-state index contributed by atoms with van der Waals surface area (Å²) in [6, 6.07) is 9.43. The van der Waals surface area contributed by atoms with Crippen molar-refractivity contribution in [2.45, 2.75) is 19.8 Å². The lowest BCUT2D eigenvalue weighted by molar-refractivity contribution is -0.141. The Kier molecular flexibility index (Phi) is 4.92. The molecule has 112 valence electrons. The molecular weight excluding hydrogens is 272 g/mol. The second kappa shape index (κ2) is 6.88. The molecule has 0 fully saturated rings. The van der Waals surface area contributed by atoms with Crippen LogP contribution in [0.3, 0.4) is 0 Å². The van der Waals surface area contributed by atoms with Crippen molar-refractivity contribution in [2.75, 3.05) is 13.2 Å². The maximum atomic E-state index is 12.0. The van der Waals surface area contributed by atoms with Crippen LogP contribution in [0.2, 0.25) is 0 Å². The number of para-hydroxylation sites is 1. The molecule has 0 bridgehead atoms. The smallest absolute Gasteiger partial charge is 0.304 e. The van der Waals surface area contributed by atoms with Crippen LogP contribution in [0.4, 0.5) is 0 Å². The van der Waals surface area contributed by atoms with Crippen molar-refractivity contribution >= 4 is 17.6 Å². The van der Waals surface area contributed by atoms with Gasteiger partial charge in [0.15, 0.2) is 0 Å². The number of hydrogen-bond acceptors (Lipinski definition) is 4. The van der Waals surface area contributed by atoms with Crippen LogP contribution in [-0.4, -0.2) is 40.9 Å². The van der Waals surface area contributed by atoms with Crippen molar-refractivity contribution in [1.82, 2.24) is 5.01 Å². The van der Waals surface area contributed by atoms with Crippen LogP contribution in [0.1, 0.15) is 19.8 Å². The highest BCUT2D eigenvalue weighted by atomic mass is 16.5. The van der Waals surface area contributed by atoms with Crippen molar-refractivity contribution in [3.05, 3.63) is 30.3 Å². The number of amides is 1. The summed E-state index contributed by atoms with van der Waals surface area (Å²) in [5.41, 5.74) is 0.561. The summed E-state index contributed by atoms with van der Waals surface area (Å²) < 4.78 is 5.54. The maximum absolute atomic E-state index is 12.0. The van der Waals surface area contributed by atoms with E-state index in [9.17, 15) is 9.59 Å². The average molecular weight is 290 g/mol. The van der Waals surface area contributed by atoms with Crippen molar-refractivity contribution in [2.24, 2.45) is 11.0 Å². The van der Waals surface area contributed by atoms with E-state index in [0.29, 0.717) is 25.3 Å². The molecular formula is C15H18N2O4. The Hall–Kier alpha value is -2.37. The zero-order valence-corrected chi connectivity index (χ0v) is 11.9. The van der Waals surface area contributed by atoms with Crippen LogP contribution in [0.25, 0.3) is 0 Å². The van der Waals surface area contributed by atoms with Gasteiger partial charge in [-0.3, -0.25) is 9.59 Å². The van der Waals surface area contributed by atoms with Crippen LogP contribution < -0.4 is 4.74 Å². The van der Waals surface area contributed by atoms with E-state index in [2.05, 4.69) is 5.10 Å². The molecule has 1 unspecified atom stereocenters. The lowest BCUT2D eigenvalue weighted by Gasteiger charge is -2.13. The summed E-state index contributed by atoms with van der Waals surface area (Å²) in [4.78, 5) is 22.7. The maximum Gasteiger partial charge on any atom is 0.304 e. The second-order valence-corrected chi connectivity index (χ2v) is 4.87. The van der Waals surface area contributed by atoms with Gasteiger partial charge in [0, 0.05) is 18.7 Å². The average Bonchev–Trinajstić information content (AvgIpc) is 2.72. The lowest BCUT2D eigenvalue weighted by atomic mass is 10.0. The zero-order valence-electron chi connectivity index (χ0n) is 11.9. The Labute approximate surface area is 123 Å². The number of hydrazone groups is 1. The van der Waals surface area contributed by atoms with Gasteiger partial charge in [0.25, 0.3) is 5.91 Å². The summed E-state index contributed by atoms with van der Waals surface area (Å²) in [7, 11) is 0. The molecule has 0 saturated carbocycles. The van der Waals surface area contributed by atoms with E-state index in [0.717, 1.165) is 5.75 Å². The number of benzene rings is 1. The van der Waals surface area contributed by atoms with E-state index in [-0.39, 0.29) is 12.3 Å². The van der Waals surface area contributed by atoms with Crippen molar-refractivity contribution in [3.8, 4) is 5.75 Å². The Balaban J connectivity index is 1.77. The monoisotopic (exact) mass is 290 g/mol. The topological polar surface area (TPSA) is 79.2 Å². The van der Waals surface area contributed by atoms with Crippen LogP contribution in [-0.2, 0) is 9.59 Å². The molecule has 1 aromatic rings. The highest BCUT2D eigenvalue weighted by Crippen LogP contribution is 2.19. The minimum atomic E-state index is -0.989. The third-order valence-electron chi connectivity index (χ3n) is 3.24. The summed E-state index contributed by atoms with van der Waals surface area (Å²) >= 11 is 0. The van der Waals surface area contributed by atoms with E-state index in [1.54, 1.807) is 6.92 Å². The van der Waals surface area contributed by atoms with E-state index in [4.69, 9.17) is 9.84 Å². The second-order valence-electron chi connectivity index (χ2n) is 4.87. The number of ether oxygens (including phenoxy) is 1. The normalized spacial score (nSPS) is 17.8. The van der Waals surface area contributed by atoms with Gasteiger partial charge in [0.1, 0.15) is 5.75 Å². The fraction of sp³-hybridized carbons (Fsp3) is 0.400.